The number of nitrogens with one attached hydrogen (secondary N) is 4. The van der Waals surface area contributed by atoms with Crippen molar-refractivity contribution >= 4 is 27.6 Å². The minimum absolute atomic E-state index is 0.0489. The maximum Gasteiger partial charge on any atom is 0.407 e. The molecule has 1 aromatic carbocycles. The number of hydrogen-bond donors (Lipinski definition) is 4. The number of aromatic nitrogens is 2. The highest BCUT2D eigenvalue weighted by molar-refractivity contribution is 7.89. The summed E-state index contributed by atoms with van der Waals surface area (Å²) in [5, 5.41) is 13.4. The number of anilines is 2. The summed E-state index contributed by atoms with van der Waals surface area (Å²) in [7, 11) is -3.41. The lowest BCUT2D eigenvalue weighted by molar-refractivity contribution is 0.0981. The van der Waals surface area contributed by atoms with Crippen LogP contribution in [0.3, 0.4) is 0 Å². The van der Waals surface area contributed by atoms with Crippen molar-refractivity contribution in [1.29, 1.82) is 0 Å². The second-order valence-corrected chi connectivity index (χ2v) is 9.95. The van der Waals surface area contributed by atoms with Crippen LogP contribution in [0.4, 0.5) is 16.3 Å². The minimum atomic E-state index is -3.41. The SMILES string of the molecule is CC(C)NC(=O)O[C@@H]1CC[C@H](c2cc(Nc3ccc4c(c3)C(C)NS4(=O)=O)[nH]n2)C1. The van der Waals surface area contributed by atoms with Gasteiger partial charge in [-0.2, -0.15) is 5.10 Å². The molecular weight excluding hydrogens is 406 g/mol. The van der Waals surface area contributed by atoms with E-state index in [0.717, 1.165) is 42.0 Å². The van der Waals surface area contributed by atoms with Crippen molar-refractivity contribution in [2.24, 2.45) is 0 Å². The van der Waals surface area contributed by atoms with Gasteiger partial charge in [0.05, 0.1) is 10.6 Å². The molecule has 162 valence electrons. The van der Waals surface area contributed by atoms with E-state index in [4.69, 9.17) is 4.74 Å². The number of carbonyl (C=O) groups excluding carboxylic acids is 1. The molecular formula is C20H27N5O4S. The standard InChI is InChI=1S/C20H27N5O4S/c1-11(2)21-20(26)29-15-6-4-13(8-15)17-10-19(24-23-17)22-14-5-7-18-16(9-14)12(3)25-30(18,27)28/h5,7,9-13,15,25H,4,6,8H2,1-3H3,(H,21,26)(H2,22,23,24)/t12?,13-,15+/m0/s1. The molecule has 2 aliphatic rings. The van der Waals surface area contributed by atoms with Gasteiger partial charge >= 0.3 is 6.09 Å². The zero-order valence-corrected chi connectivity index (χ0v) is 18.0. The molecule has 0 saturated heterocycles. The number of aromatic amines is 1. The van der Waals surface area contributed by atoms with Crippen LogP contribution < -0.4 is 15.4 Å². The van der Waals surface area contributed by atoms with Gasteiger partial charge in [0.25, 0.3) is 0 Å². The molecule has 1 fully saturated rings. The molecule has 30 heavy (non-hydrogen) atoms. The summed E-state index contributed by atoms with van der Waals surface area (Å²) in [6.45, 7) is 5.61. The molecule has 0 radical (unpaired) electrons. The number of carbonyl (C=O) groups is 1. The van der Waals surface area contributed by atoms with Crippen LogP contribution in [0.1, 0.15) is 63.3 Å². The van der Waals surface area contributed by atoms with E-state index in [1.54, 1.807) is 12.1 Å². The lowest BCUT2D eigenvalue weighted by Crippen LogP contribution is -2.33. The fraction of sp³-hybridized carbons (Fsp3) is 0.500. The Bertz CT molecular complexity index is 1050. The number of sulfonamides is 1. The molecule has 1 unspecified atom stereocenters. The molecule has 2 heterocycles. The molecule has 0 bridgehead atoms. The van der Waals surface area contributed by atoms with Crippen molar-refractivity contribution in [2.75, 3.05) is 5.32 Å². The number of benzene rings is 1. The second kappa shape index (κ2) is 7.92. The van der Waals surface area contributed by atoms with Crippen LogP contribution in [0.25, 0.3) is 0 Å². The lowest BCUT2D eigenvalue weighted by atomic mass is 10.0. The van der Waals surface area contributed by atoms with Gasteiger partial charge in [0.15, 0.2) is 0 Å². The monoisotopic (exact) mass is 433 g/mol. The Kier molecular flexibility index (Phi) is 5.46. The molecule has 0 spiro atoms. The molecule has 4 rings (SSSR count). The predicted molar refractivity (Wildman–Crippen MR) is 112 cm³/mol. The number of hydrogen-bond acceptors (Lipinski definition) is 6. The van der Waals surface area contributed by atoms with Crippen LogP contribution in [0, 0.1) is 0 Å². The molecule has 1 aromatic heterocycles. The summed E-state index contributed by atoms with van der Waals surface area (Å²) in [6.07, 6.45) is 1.99. The molecule has 1 aliphatic carbocycles. The molecule has 1 amide bonds. The number of alkyl carbamates (subject to hydrolysis) is 1. The molecule has 10 heteroatoms. The molecule has 1 saturated carbocycles. The molecule has 3 atom stereocenters. The lowest BCUT2D eigenvalue weighted by Gasteiger charge is -2.14. The first-order valence-electron chi connectivity index (χ1n) is 10.2. The van der Waals surface area contributed by atoms with Gasteiger partial charge in [0, 0.05) is 29.8 Å². The van der Waals surface area contributed by atoms with E-state index >= 15 is 0 Å². The predicted octanol–water partition coefficient (Wildman–Crippen LogP) is 3.28. The Labute approximate surface area is 176 Å². The number of amides is 1. The molecule has 2 aromatic rings. The van der Waals surface area contributed by atoms with Crippen molar-refractivity contribution in [1.82, 2.24) is 20.2 Å². The third-order valence-corrected chi connectivity index (χ3v) is 7.07. The largest absolute Gasteiger partial charge is 0.446 e. The van der Waals surface area contributed by atoms with E-state index in [1.807, 2.05) is 32.9 Å². The topological polar surface area (TPSA) is 125 Å². The van der Waals surface area contributed by atoms with Crippen molar-refractivity contribution in [3.8, 4) is 0 Å². The highest BCUT2D eigenvalue weighted by atomic mass is 32.2. The summed E-state index contributed by atoms with van der Waals surface area (Å²) < 4.78 is 32.2. The Morgan fingerprint density at radius 1 is 1.27 bits per heavy atom. The number of ether oxygens (including phenoxy) is 1. The van der Waals surface area contributed by atoms with Gasteiger partial charge in [-0.05, 0) is 63.8 Å². The van der Waals surface area contributed by atoms with Crippen LogP contribution in [-0.2, 0) is 14.8 Å². The van der Waals surface area contributed by atoms with Gasteiger partial charge in [0.1, 0.15) is 11.9 Å². The Morgan fingerprint density at radius 3 is 2.83 bits per heavy atom. The van der Waals surface area contributed by atoms with E-state index in [9.17, 15) is 13.2 Å². The Balaban J connectivity index is 1.39. The van der Waals surface area contributed by atoms with E-state index in [-0.39, 0.29) is 30.2 Å². The molecule has 9 nitrogen and oxygen atoms in total. The van der Waals surface area contributed by atoms with Crippen molar-refractivity contribution in [3.63, 3.8) is 0 Å². The zero-order valence-electron chi connectivity index (χ0n) is 17.2. The Morgan fingerprint density at radius 2 is 2.07 bits per heavy atom. The van der Waals surface area contributed by atoms with Crippen LogP contribution in [0.2, 0.25) is 0 Å². The van der Waals surface area contributed by atoms with Crippen molar-refractivity contribution in [3.05, 3.63) is 35.5 Å². The maximum atomic E-state index is 12.0. The number of nitrogens with zero attached hydrogens (tertiary/aromatic N) is 1. The van der Waals surface area contributed by atoms with Crippen molar-refractivity contribution in [2.45, 2.75) is 69.0 Å². The zero-order chi connectivity index (χ0) is 21.5. The summed E-state index contributed by atoms with van der Waals surface area (Å²) in [5.41, 5.74) is 2.45. The second-order valence-electron chi connectivity index (χ2n) is 8.26. The average molecular weight is 434 g/mol. The van der Waals surface area contributed by atoms with Crippen LogP contribution in [0.15, 0.2) is 29.2 Å². The quantitative estimate of drug-likeness (QED) is 0.573. The highest BCUT2D eigenvalue weighted by Gasteiger charge is 2.32. The molecule has 1 aliphatic heterocycles. The van der Waals surface area contributed by atoms with Gasteiger partial charge in [-0.25, -0.2) is 17.9 Å². The van der Waals surface area contributed by atoms with Crippen LogP contribution in [-0.4, -0.2) is 36.9 Å². The van der Waals surface area contributed by atoms with E-state index < -0.39 is 10.0 Å². The van der Waals surface area contributed by atoms with Crippen LogP contribution >= 0.6 is 0 Å². The van der Waals surface area contributed by atoms with Gasteiger partial charge in [0.2, 0.25) is 10.0 Å². The van der Waals surface area contributed by atoms with Gasteiger partial charge < -0.3 is 15.4 Å². The third-order valence-electron chi connectivity index (χ3n) is 5.46. The van der Waals surface area contributed by atoms with Crippen molar-refractivity contribution < 1.29 is 17.9 Å². The summed E-state index contributed by atoms with van der Waals surface area (Å²) in [6, 6.07) is 6.93. The van der Waals surface area contributed by atoms with Gasteiger partial charge in [-0.15, -0.1) is 0 Å². The van der Waals surface area contributed by atoms with E-state index in [1.165, 1.54) is 0 Å². The maximum absolute atomic E-state index is 12.0. The fourth-order valence-corrected chi connectivity index (χ4v) is 5.58. The first-order valence-corrected chi connectivity index (χ1v) is 11.7. The average Bonchev–Trinajstić information content (AvgIpc) is 3.34. The highest BCUT2D eigenvalue weighted by Crippen LogP contribution is 2.37. The van der Waals surface area contributed by atoms with Crippen LogP contribution in [0.5, 0.6) is 0 Å². The summed E-state index contributed by atoms with van der Waals surface area (Å²) in [4.78, 5) is 12.1. The fourth-order valence-electron chi connectivity index (χ4n) is 4.07. The smallest absolute Gasteiger partial charge is 0.407 e. The summed E-state index contributed by atoms with van der Waals surface area (Å²) >= 11 is 0. The summed E-state index contributed by atoms with van der Waals surface area (Å²) in [5.74, 6) is 0.955. The number of H-pyrrole nitrogens is 1. The first kappa shape index (κ1) is 20.7. The number of fused-ring (bicyclic) bond motifs is 1. The molecule has 4 N–H and O–H groups in total. The Hall–Kier alpha value is -2.59. The normalized spacial score (nSPS) is 24.6. The van der Waals surface area contributed by atoms with Gasteiger partial charge in [-0.3, -0.25) is 5.10 Å². The minimum Gasteiger partial charge on any atom is -0.446 e. The third kappa shape index (κ3) is 4.29. The first-order chi connectivity index (χ1) is 14.2. The van der Waals surface area contributed by atoms with Gasteiger partial charge in [-0.1, -0.05) is 0 Å². The van der Waals surface area contributed by atoms with E-state index in [2.05, 4.69) is 25.6 Å². The number of rotatable bonds is 5. The van der Waals surface area contributed by atoms with E-state index in [0.29, 0.717) is 4.90 Å².